The van der Waals surface area contributed by atoms with Gasteiger partial charge in [-0.3, -0.25) is 9.59 Å². The number of nitrogens with one attached hydrogen (secondary N) is 1. The molecule has 2 amide bonds. The highest BCUT2D eigenvalue weighted by Gasteiger charge is 2.28. The van der Waals surface area contributed by atoms with Gasteiger partial charge in [0.1, 0.15) is 5.69 Å². The lowest BCUT2D eigenvalue weighted by molar-refractivity contribution is -0.132. The summed E-state index contributed by atoms with van der Waals surface area (Å²) >= 11 is 0. The highest BCUT2D eigenvalue weighted by molar-refractivity contribution is 5.92. The minimum absolute atomic E-state index is 0.0244. The molecule has 3 heterocycles. The molecule has 2 aromatic rings. The standard InChI is InChI=1S/C17H23N5O3/c1-11-19-16(25-20-11)10-18-17(24)15-8-7-13(21(15)3)14-6-4-5-9-22(14)12(2)23/h7-8,14H,4-6,9-10H2,1-3H3,(H,18,24)/t14-/m1/s1. The number of amides is 2. The van der Waals surface area contributed by atoms with Crippen molar-refractivity contribution in [1.82, 2.24) is 24.9 Å². The molecule has 0 aromatic carbocycles. The fourth-order valence-electron chi connectivity index (χ4n) is 3.36. The Morgan fingerprint density at radius 3 is 2.84 bits per heavy atom. The number of aryl methyl sites for hydroxylation is 1. The van der Waals surface area contributed by atoms with E-state index < -0.39 is 0 Å². The van der Waals surface area contributed by atoms with Crippen LogP contribution in [0.1, 0.15) is 60.1 Å². The van der Waals surface area contributed by atoms with Gasteiger partial charge in [0.2, 0.25) is 11.8 Å². The van der Waals surface area contributed by atoms with Gasteiger partial charge < -0.3 is 19.3 Å². The van der Waals surface area contributed by atoms with E-state index in [1.54, 1.807) is 19.9 Å². The molecule has 0 saturated carbocycles. The molecule has 0 spiro atoms. The number of hydrogen-bond acceptors (Lipinski definition) is 5. The minimum Gasteiger partial charge on any atom is -0.342 e. The monoisotopic (exact) mass is 345 g/mol. The Balaban J connectivity index is 1.73. The fourth-order valence-corrected chi connectivity index (χ4v) is 3.36. The average molecular weight is 345 g/mol. The maximum Gasteiger partial charge on any atom is 0.268 e. The maximum atomic E-state index is 12.5. The second-order valence-electron chi connectivity index (χ2n) is 6.34. The van der Waals surface area contributed by atoms with Crippen LogP contribution in [0, 0.1) is 6.92 Å². The number of aromatic nitrogens is 3. The van der Waals surface area contributed by atoms with Crippen LogP contribution in [0.5, 0.6) is 0 Å². The zero-order chi connectivity index (χ0) is 18.0. The van der Waals surface area contributed by atoms with Crippen molar-refractivity contribution >= 4 is 11.8 Å². The smallest absolute Gasteiger partial charge is 0.268 e. The minimum atomic E-state index is -0.213. The van der Waals surface area contributed by atoms with Gasteiger partial charge in [-0.15, -0.1) is 0 Å². The molecular weight excluding hydrogens is 322 g/mol. The van der Waals surface area contributed by atoms with E-state index in [0.29, 0.717) is 17.4 Å². The zero-order valence-corrected chi connectivity index (χ0v) is 14.8. The van der Waals surface area contributed by atoms with Gasteiger partial charge in [-0.2, -0.15) is 4.98 Å². The van der Waals surface area contributed by atoms with Gasteiger partial charge in [0.15, 0.2) is 5.82 Å². The molecule has 1 fully saturated rings. The average Bonchev–Trinajstić information content (AvgIpc) is 3.18. The molecule has 0 radical (unpaired) electrons. The van der Waals surface area contributed by atoms with Crippen LogP contribution in [0.15, 0.2) is 16.7 Å². The van der Waals surface area contributed by atoms with Gasteiger partial charge in [-0.25, -0.2) is 0 Å². The van der Waals surface area contributed by atoms with Gasteiger partial charge in [0.25, 0.3) is 5.91 Å². The fraction of sp³-hybridized carbons (Fsp3) is 0.529. The molecule has 2 aromatic heterocycles. The Hall–Kier alpha value is -2.64. The molecule has 3 rings (SSSR count). The highest BCUT2D eigenvalue weighted by atomic mass is 16.5. The van der Waals surface area contributed by atoms with Crippen molar-refractivity contribution in [2.75, 3.05) is 6.54 Å². The number of carbonyl (C=O) groups is 2. The summed E-state index contributed by atoms with van der Waals surface area (Å²) < 4.78 is 6.86. The van der Waals surface area contributed by atoms with Crippen LogP contribution in [0.4, 0.5) is 0 Å². The summed E-state index contributed by atoms with van der Waals surface area (Å²) in [4.78, 5) is 30.3. The molecule has 8 nitrogen and oxygen atoms in total. The first-order valence-electron chi connectivity index (χ1n) is 8.47. The molecule has 25 heavy (non-hydrogen) atoms. The SMILES string of the molecule is CC(=O)N1CCCC[C@@H]1c1ccc(C(=O)NCc2nc(C)no2)n1C. The second kappa shape index (κ2) is 7.08. The first kappa shape index (κ1) is 17.2. The van der Waals surface area contributed by atoms with E-state index in [-0.39, 0.29) is 24.4 Å². The van der Waals surface area contributed by atoms with Gasteiger partial charge in [0, 0.05) is 26.2 Å². The number of carbonyl (C=O) groups excluding carboxylic acids is 2. The topological polar surface area (TPSA) is 93.3 Å². The maximum absolute atomic E-state index is 12.5. The van der Waals surface area contributed by atoms with E-state index in [9.17, 15) is 9.59 Å². The summed E-state index contributed by atoms with van der Waals surface area (Å²) in [5.41, 5.74) is 1.52. The molecular formula is C17H23N5O3. The van der Waals surface area contributed by atoms with Crippen molar-refractivity contribution in [1.29, 1.82) is 0 Å². The van der Waals surface area contributed by atoms with Gasteiger partial charge in [0.05, 0.1) is 12.6 Å². The summed E-state index contributed by atoms with van der Waals surface area (Å²) in [6.45, 7) is 4.27. The number of piperidine rings is 1. The van der Waals surface area contributed by atoms with Crippen LogP contribution in [0.25, 0.3) is 0 Å². The van der Waals surface area contributed by atoms with Crippen molar-refractivity contribution < 1.29 is 14.1 Å². The molecule has 1 saturated heterocycles. The molecule has 0 unspecified atom stereocenters. The highest BCUT2D eigenvalue weighted by Crippen LogP contribution is 2.31. The van der Waals surface area contributed by atoms with Crippen molar-refractivity contribution in [3.8, 4) is 0 Å². The normalized spacial score (nSPS) is 17.6. The summed E-state index contributed by atoms with van der Waals surface area (Å²) in [7, 11) is 1.86. The third kappa shape index (κ3) is 3.57. The van der Waals surface area contributed by atoms with E-state index in [4.69, 9.17) is 4.52 Å². The zero-order valence-electron chi connectivity index (χ0n) is 14.8. The van der Waals surface area contributed by atoms with Crippen LogP contribution >= 0.6 is 0 Å². The van der Waals surface area contributed by atoms with Crippen LogP contribution in [-0.2, 0) is 18.4 Å². The van der Waals surface area contributed by atoms with Gasteiger partial charge in [-0.1, -0.05) is 5.16 Å². The van der Waals surface area contributed by atoms with Crippen molar-refractivity contribution in [2.45, 2.75) is 45.7 Å². The second-order valence-corrected chi connectivity index (χ2v) is 6.34. The Morgan fingerprint density at radius 1 is 1.36 bits per heavy atom. The molecule has 1 aliphatic heterocycles. The van der Waals surface area contributed by atoms with E-state index in [0.717, 1.165) is 31.5 Å². The predicted molar refractivity (Wildman–Crippen MR) is 89.6 cm³/mol. The number of likely N-dealkylation sites (tertiary alicyclic amines) is 1. The largest absolute Gasteiger partial charge is 0.342 e. The summed E-state index contributed by atoms with van der Waals surface area (Å²) in [5.74, 6) is 0.765. The van der Waals surface area contributed by atoms with E-state index >= 15 is 0 Å². The van der Waals surface area contributed by atoms with Gasteiger partial charge in [-0.05, 0) is 38.3 Å². The van der Waals surface area contributed by atoms with Gasteiger partial charge >= 0.3 is 0 Å². The molecule has 8 heteroatoms. The first-order valence-corrected chi connectivity index (χ1v) is 8.47. The molecule has 1 aliphatic rings. The molecule has 0 aliphatic carbocycles. The van der Waals surface area contributed by atoms with E-state index in [2.05, 4.69) is 15.5 Å². The quantitative estimate of drug-likeness (QED) is 0.911. The Bertz CT molecular complexity index is 779. The molecule has 1 N–H and O–H groups in total. The summed E-state index contributed by atoms with van der Waals surface area (Å²) in [5, 5.41) is 6.48. The number of rotatable bonds is 4. The van der Waals surface area contributed by atoms with Crippen LogP contribution in [0.3, 0.4) is 0 Å². The number of nitrogens with zero attached hydrogens (tertiary/aromatic N) is 4. The van der Waals surface area contributed by atoms with Crippen LogP contribution < -0.4 is 5.32 Å². The lowest BCUT2D eigenvalue weighted by atomic mass is 9.99. The van der Waals surface area contributed by atoms with Crippen LogP contribution in [-0.4, -0.2) is 38.0 Å². The van der Waals surface area contributed by atoms with E-state index in [1.165, 1.54) is 0 Å². The Labute approximate surface area is 146 Å². The van der Waals surface area contributed by atoms with Crippen molar-refractivity contribution in [2.24, 2.45) is 7.05 Å². The van der Waals surface area contributed by atoms with Crippen LogP contribution in [0.2, 0.25) is 0 Å². The Morgan fingerprint density at radius 2 is 2.16 bits per heavy atom. The molecule has 0 bridgehead atoms. The first-order chi connectivity index (χ1) is 12.0. The Kier molecular flexibility index (Phi) is 4.87. The number of hydrogen-bond donors (Lipinski definition) is 1. The summed E-state index contributed by atoms with van der Waals surface area (Å²) in [6, 6.07) is 3.74. The van der Waals surface area contributed by atoms with E-state index in [1.807, 2.05) is 22.6 Å². The third-order valence-electron chi connectivity index (χ3n) is 4.61. The molecule has 1 atom stereocenters. The predicted octanol–water partition coefficient (Wildman–Crippen LogP) is 1.72. The lowest BCUT2D eigenvalue weighted by Gasteiger charge is -2.35. The summed E-state index contributed by atoms with van der Waals surface area (Å²) in [6.07, 6.45) is 3.02. The third-order valence-corrected chi connectivity index (χ3v) is 4.61. The van der Waals surface area contributed by atoms with Crippen molar-refractivity contribution in [3.05, 3.63) is 35.2 Å². The van der Waals surface area contributed by atoms with Crippen molar-refractivity contribution in [3.63, 3.8) is 0 Å². The lowest BCUT2D eigenvalue weighted by Crippen LogP contribution is -2.38. The molecule has 134 valence electrons.